The highest BCUT2D eigenvalue weighted by molar-refractivity contribution is 7.12. The molecule has 1 unspecified atom stereocenters. The zero-order valence-corrected chi connectivity index (χ0v) is 18.3. The predicted octanol–water partition coefficient (Wildman–Crippen LogP) is 0.443. The van der Waals surface area contributed by atoms with E-state index in [0.717, 1.165) is 44.8 Å². The van der Waals surface area contributed by atoms with E-state index in [0.29, 0.717) is 17.2 Å². The molecule has 1 N–H and O–H groups in total. The zero-order valence-electron chi connectivity index (χ0n) is 17.5. The summed E-state index contributed by atoms with van der Waals surface area (Å²) < 4.78 is 10.6. The number of quaternary nitrogens is 1. The fraction of sp³-hybridized carbons (Fsp3) is 0.391. The maximum atomic E-state index is 13.2. The minimum absolute atomic E-state index is 0.0383. The second-order valence-corrected chi connectivity index (χ2v) is 8.64. The number of hydrogen-bond acceptors (Lipinski definition) is 6. The monoisotopic (exact) mass is 442 g/mol. The number of morpholine rings is 1. The summed E-state index contributed by atoms with van der Waals surface area (Å²) in [5, 5.41) is 14.7. The van der Waals surface area contributed by atoms with E-state index in [9.17, 15) is 14.7 Å². The van der Waals surface area contributed by atoms with Crippen LogP contribution < -0.4 is 14.7 Å². The number of ether oxygens (including phenoxy) is 2. The number of thiophene rings is 1. The van der Waals surface area contributed by atoms with Gasteiger partial charge in [-0.05, 0) is 34.9 Å². The summed E-state index contributed by atoms with van der Waals surface area (Å²) >= 11 is 1.27. The first-order valence-corrected chi connectivity index (χ1v) is 11.3. The molecule has 31 heavy (non-hydrogen) atoms. The number of nitrogens with zero attached hydrogens (tertiary/aromatic N) is 1. The molecule has 1 fully saturated rings. The van der Waals surface area contributed by atoms with Gasteiger partial charge in [-0.15, -0.1) is 11.3 Å². The number of carbonyl (C=O) groups excluding carboxylic acids is 2. The number of benzene rings is 1. The Labute approximate surface area is 185 Å². The van der Waals surface area contributed by atoms with E-state index in [1.165, 1.54) is 16.2 Å². The number of hydrogen-bond donors (Lipinski definition) is 1. The van der Waals surface area contributed by atoms with E-state index in [4.69, 9.17) is 9.47 Å². The third kappa shape index (κ3) is 4.51. The summed E-state index contributed by atoms with van der Waals surface area (Å²) in [6, 6.07) is 9.98. The number of Topliss-reactive ketones (excluding diaryl/α,β-unsaturated/α-hetero) is 1. The van der Waals surface area contributed by atoms with Crippen LogP contribution in [-0.4, -0.2) is 63.1 Å². The van der Waals surface area contributed by atoms with E-state index in [1.54, 1.807) is 41.7 Å². The summed E-state index contributed by atoms with van der Waals surface area (Å²) in [4.78, 5) is 29.6. The summed E-state index contributed by atoms with van der Waals surface area (Å²) in [6.45, 7) is 4.71. The lowest BCUT2D eigenvalue weighted by Crippen LogP contribution is -3.14. The zero-order chi connectivity index (χ0) is 21.8. The summed E-state index contributed by atoms with van der Waals surface area (Å²) in [5.41, 5.74) is 0.773. The first-order valence-electron chi connectivity index (χ1n) is 10.5. The molecule has 1 saturated heterocycles. The molecule has 0 spiro atoms. The molecule has 1 atom stereocenters. The van der Waals surface area contributed by atoms with Gasteiger partial charge in [-0.2, -0.15) is 0 Å². The second kappa shape index (κ2) is 9.64. The maximum absolute atomic E-state index is 13.2. The fourth-order valence-electron chi connectivity index (χ4n) is 4.18. The lowest BCUT2D eigenvalue weighted by molar-refractivity contribution is -0.908. The van der Waals surface area contributed by atoms with Crippen molar-refractivity contribution in [3.63, 3.8) is 0 Å². The number of ketones is 1. The molecule has 0 bridgehead atoms. The number of carbonyl (C=O) groups is 2. The molecule has 0 aliphatic carbocycles. The van der Waals surface area contributed by atoms with E-state index in [-0.39, 0.29) is 11.4 Å². The molecule has 2 aliphatic heterocycles. The molecule has 0 radical (unpaired) electrons. The largest absolute Gasteiger partial charge is 0.868 e. The van der Waals surface area contributed by atoms with Crippen LogP contribution in [0.5, 0.6) is 5.75 Å². The molecule has 1 aromatic heterocycles. The quantitative estimate of drug-likeness (QED) is 0.600. The molecule has 1 aromatic carbocycles. The number of amides is 1. The highest BCUT2D eigenvalue weighted by Gasteiger charge is 2.39. The minimum atomic E-state index is -0.696. The highest BCUT2D eigenvalue weighted by atomic mass is 32.1. The van der Waals surface area contributed by atoms with Gasteiger partial charge in [-0.25, -0.2) is 0 Å². The molecule has 2 aliphatic rings. The Kier molecular flexibility index (Phi) is 6.70. The van der Waals surface area contributed by atoms with Gasteiger partial charge in [-0.1, -0.05) is 18.2 Å². The summed E-state index contributed by atoms with van der Waals surface area (Å²) in [7, 11) is 1.58. The van der Waals surface area contributed by atoms with Crippen LogP contribution >= 0.6 is 11.3 Å². The predicted molar refractivity (Wildman–Crippen MR) is 114 cm³/mol. The molecule has 0 saturated carbocycles. The van der Waals surface area contributed by atoms with E-state index < -0.39 is 17.7 Å². The Balaban J connectivity index is 1.59. The minimum Gasteiger partial charge on any atom is -0.868 e. The topological polar surface area (TPSA) is 83.3 Å². The van der Waals surface area contributed by atoms with Crippen molar-refractivity contribution in [1.82, 2.24) is 4.90 Å². The molecular weight excluding hydrogens is 416 g/mol. The van der Waals surface area contributed by atoms with Crippen molar-refractivity contribution >= 4 is 23.0 Å². The average Bonchev–Trinajstić information content (AvgIpc) is 3.43. The highest BCUT2D eigenvalue weighted by Crippen LogP contribution is 2.39. The fourth-order valence-corrected chi connectivity index (χ4v) is 4.86. The Morgan fingerprint density at radius 1 is 1.26 bits per heavy atom. The molecule has 1 amide bonds. The Morgan fingerprint density at radius 3 is 2.65 bits per heavy atom. The van der Waals surface area contributed by atoms with Gasteiger partial charge >= 0.3 is 0 Å². The molecule has 4 rings (SSSR count). The molecule has 8 heteroatoms. The van der Waals surface area contributed by atoms with Crippen LogP contribution in [0.1, 0.15) is 27.7 Å². The van der Waals surface area contributed by atoms with Gasteiger partial charge in [0.25, 0.3) is 0 Å². The van der Waals surface area contributed by atoms with E-state index in [2.05, 4.69) is 0 Å². The van der Waals surface area contributed by atoms with Gasteiger partial charge in [0.05, 0.1) is 37.8 Å². The van der Waals surface area contributed by atoms with E-state index in [1.807, 2.05) is 12.1 Å². The van der Waals surface area contributed by atoms with Crippen molar-refractivity contribution in [2.75, 3.05) is 46.5 Å². The second-order valence-electron chi connectivity index (χ2n) is 7.69. The Morgan fingerprint density at radius 2 is 2.00 bits per heavy atom. The number of rotatable bonds is 8. The van der Waals surface area contributed by atoms with Gasteiger partial charge < -0.3 is 24.4 Å². The lowest BCUT2D eigenvalue weighted by atomic mass is 9.95. The number of nitrogens with one attached hydrogen (secondary N) is 1. The summed E-state index contributed by atoms with van der Waals surface area (Å²) in [6.07, 6.45) is 0.751. The molecule has 3 heterocycles. The lowest BCUT2D eigenvalue weighted by Gasteiger charge is -2.29. The van der Waals surface area contributed by atoms with Gasteiger partial charge in [0.15, 0.2) is 0 Å². The van der Waals surface area contributed by atoms with Crippen molar-refractivity contribution in [2.24, 2.45) is 0 Å². The first-order chi connectivity index (χ1) is 15.1. The van der Waals surface area contributed by atoms with Crippen molar-refractivity contribution in [2.45, 2.75) is 12.5 Å². The van der Waals surface area contributed by atoms with Crippen molar-refractivity contribution < 1.29 is 29.1 Å². The SMILES string of the molecule is COc1ccc(C2C(C(=O)c3cccs3)=C([O-])C(=O)N2CCC[NH+]2CCOCC2)cc1. The van der Waals surface area contributed by atoms with Crippen LogP contribution in [0.3, 0.4) is 0 Å². The third-order valence-corrected chi connectivity index (χ3v) is 6.70. The van der Waals surface area contributed by atoms with Crippen molar-refractivity contribution in [3.05, 3.63) is 63.6 Å². The van der Waals surface area contributed by atoms with Gasteiger partial charge in [0.2, 0.25) is 11.7 Å². The molecule has 2 aromatic rings. The van der Waals surface area contributed by atoms with E-state index >= 15 is 0 Å². The maximum Gasteiger partial charge on any atom is 0.239 e. The van der Waals surface area contributed by atoms with Crippen LogP contribution in [0.25, 0.3) is 0 Å². The molecule has 164 valence electrons. The standard InChI is InChI=1S/C23H26N2O5S/c1-29-17-7-5-16(6-8-17)20-19(21(26)18-4-2-15-31-18)22(27)23(28)25(20)10-3-9-24-11-13-30-14-12-24/h2,4-8,15,20,27H,3,9-14H2,1H3. The van der Waals surface area contributed by atoms with Crippen LogP contribution in [0.4, 0.5) is 0 Å². The normalized spacial score (nSPS) is 19.8. The first kappa shape index (κ1) is 21.5. The number of methoxy groups -OCH3 is 1. The Bertz CT molecular complexity index is 949. The van der Waals surface area contributed by atoms with Crippen LogP contribution in [0.15, 0.2) is 53.1 Å². The third-order valence-electron chi connectivity index (χ3n) is 5.84. The van der Waals surface area contributed by atoms with Crippen LogP contribution in [0.2, 0.25) is 0 Å². The van der Waals surface area contributed by atoms with Gasteiger partial charge in [-0.3, -0.25) is 9.59 Å². The van der Waals surface area contributed by atoms with Gasteiger partial charge in [0.1, 0.15) is 18.8 Å². The molecular formula is C23H26N2O5S. The smallest absolute Gasteiger partial charge is 0.239 e. The van der Waals surface area contributed by atoms with Crippen molar-refractivity contribution in [3.8, 4) is 5.75 Å². The molecule has 7 nitrogen and oxygen atoms in total. The van der Waals surface area contributed by atoms with Crippen LogP contribution in [0, 0.1) is 0 Å². The average molecular weight is 443 g/mol. The summed E-state index contributed by atoms with van der Waals surface area (Å²) in [5.74, 6) is -0.987. The van der Waals surface area contributed by atoms with Crippen LogP contribution in [-0.2, 0) is 9.53 Å². The van der Waals surface area contributed by atoms with Gasteiger partial charge in [0, 0.05) is 18.5 Å². The Hall–Kier alpha value is -2.68. The van der Waals surface area contributed by atoms with Crippen molar-refractivity contribution in [1.29, 1.82) is 0 Å².